The first-order chi connectivity index (χ1) is 11.3. The van der Waals surface area contributed by atoms with E-state index < -0.39 is 5.97 Å². The molecule has 1 fully saturated rings. The van der Waals surface area contributed by atoms with E-state index in [1.807, 2.05) is 6.07 Å². The minimum absolute atomic E-state index is 0.137. The molecule has 5 nitrogen and oxygen atoms in total. The molecule has 3 rings (SSSR count). The van der Waals surface area contributed by atoms with Gasteiger partial charge in [0.05, 0.1) is 24.8 Å². The second kappa shape index (κ2) is 6.37. The summed E-state index contributed by atoms with van der Waals surface area (Å²) in [5.41, 5.74) is 0.693. The fourth-order valence-corrected chi connectivity index (χ4v) is 2.85. The molecule has 2 aromatic rings. The maximum atomic E-state index is 13.5. The summed E-state index contributed by atoms with van der Waals surface area (Å²) in [6.45, 7) is 5.63. The van der Waals surface area contributed by atoms with Crippen molar-refractivity contribution < 1.29 is 23.4 Å². The highest BCUT2D eigenvalue weighted by molar-refractivity contribution is 5.87. The van der Waals surface area contributed by atoms with Gasteiger partial charge < -0.3 is 14.3 Å². The third-order valence-electron chi connectivity index (χ3n) is 4.35. The maximum absolute atomic E-state index is 13.5. The summed E-state index contributed by atoms with van der Waals surface area (Å²) in [6.07, 6.45) is 1.01. The first-order valence-electron chi connectivity index (χ1n) is 7.78. The molecule has 1 aromatic heterocycles. The third-order valence-corrected chi connectivity index (χ3v) is 4.35. The van der Waals surface area contributed by atoms with Gasteiger partial charge in [0.25, 0.3) is 0 Å². The normalized spacial score (nSPS) is 20.9. The highest BCUT2D eigenvalue weighted by Gasteiger charge is 2.36. The lowest BCUT2D eigenvalue weighted by molar-refractivity contribution is -0.106. The number of hydrogen-bond acceptors (Lipinski definition) is 4. The van der Waals surface area contributed by atoms with Crippen molar-refractivity contribution in [1.82, 2.24) is 4.90 Å². The number of aromatic carboxylic acids is 1. The Labute approximate surface area is 139 Å². The molecule has 0 spiro atoms. The molecule has 128 valence electrons. The Morgan fingerprint density at radius 3 is 2.88 bits per heavy atom. The SMILES string of the molecule is CC1(C)COC(c2cccc(F)c2)CN1Cc1cc(C(=O)O)co1. The van der Waals surface area contributed by atoms with Crippen molar-refractivity contribution >= 4 is 5.97 Å². The summed E-state index contributed by atoms with van der Waals surface area (Å²) in [6, 6.07) is 7.94. The zero-order chi connectivity index (χ0) is 17.3. The molecule has 6 heteroatoms. The topological polar surface area (TPSA) is 62.9 Å². The largest absolute Gasteiger partial charge is 0.478 e. The summed E-state index contributed by atoms with van der Waals surface area (Å²) in [5, 5.41) is 8.99. The standard InChI is InChI=1S/C18H20FNO4/c1-18(2)11-24-16(12-4-3-5-14(19)6-12)9-20(18)8-15-7-13(10-23-15)17(21)22/h3-7,10,16H,8-9,11H2,1-2H3,(H,21,22). The zero-order valence-electron chi connectivity index (χ0n) is 13.7. The Kier molecular flexibility index (Phi) is 4.43. The number of carbonyl (C=O) groups is 1. The summed E-state index contributed by atoms with van der Waals surface area (Å²) >= 11 is 0. The van der Waals surface area contributed by atoms with Crippen molar-refractivity contribution in [2.24, 2.45) is 0 Å². The van der Waals surface area contributed by atoms with Crippen LogP contribution in [0.3, 0.4) is 0 Å². The number of benzene rings is 1. The van der Waals surface area contributed by atoms with Crippen LogP contribution in [0.15, 0.2) is 41.0 Å². The van der Waals surface area contributed by atoms with Crippen LogP contribution in [0, 0.1) is 5.82 Å². The Hall–Kier alpha value is -2.18. The van der Waals surface area contributed by atoms with Gasteiger partial charge >= 0.3 is 5.97 Å². The monoisotopic (exact) mass is 333 g/mol. The van der Waals surface area contributed by atoms with Crippen LogP contribution in [0.4, 0.5) is 4.39 Å². The molecule has 1 saturated heterocycles. The Morgan fingerprint density at radius 2 is 2.21 bits per heavy atom. The van der Waals surface area contributed by atoms with Crippen LogP contribution >= 0.6 is 0 Å². The van der Waals surface area contributed by atoms with Gasteiger partial charge in [0.15, 0.2) is 0 Å². The number of halogens is 1. The molecular weight excluding hydrogens is 313 g/mol. The lowest BCUT2D eigenvalue weighted by Gasteiger charge is -2.45. The van der Waals surface area contributed by atoms with Gasteiger partial charge in [-0.1, -0.05) is 12.1 Å². The number of ether oxygens (including phenoxy) is 1. The van der Waals surface area contributed by atoms with E-state index in [0.29, 0.717) is 25.5 Å². The fourth-order valence-electron chi connectivity index (χ4n) is 2.85. The van der Waals surface area contributed by atoms with Gasteiger partial charge in [-0.3, -0.25) is 4.90 Å². The highest BCUT2D eigenvalue weighted by atomic mass is 19.1. The van der Waals surface area contributed by atoms with Crippen LogP contribution in [0.2, 0.25) is 0 Å². The molecule has 0 bridgehead atoms. The average Bonchev–Trinajstić information content (AvgIpc) is 2.98. The second-order valence-corrected chi connectivity index (χ2v) is 6.65. The van der Waals surface area contributed by atoms with Crippen LogP contribution in [-0.4, -0.2) is 34.7 Å². The number of hydrogen-bond donors (Lipinski definition) is 1. The van der Waals surface area contributed by atoms with E-state index in [1.54, 1.807) is 6.07 Å². The summed E-state index contributed by atoms with van der Waals surface area (Å²) in [4.78, 5) is 13.1. The molecule has 1 atom stereocenters. The molecule has 0 aliphatic carbocycles. The van der Waals surface area contributed by atoms with Crippen LogP contribution < -0.4 is 0 Å². The molecule has 2 heterocycles. The minimum atomic E-state index is -1.01. The fraction of sp³-hybridized carbons (Fsp3) is 0.389. The van der Waals surface area contributed by atoms with Crippen molar-refractivity contribution in [3.63, 3.8) is 0 Å². The predicted molar refractivity (Wildman–Crippen MR) is 85.2 cm³/mol. The first-order valence-corrected chi connectivity index (χ1v) is 7.78. The summed E-state index contributed by atoms with van der Waals surface area (Å²) in [5.74, 6) is -0.714. The molecule has 0 saturated carbocycles. The van der Waals surface area contributed by atoms with Crippen molar-refractivity contribution in [2.45, 2.75) is 32.0 Å². The van der Waals surface area contributed by atoms with Crippen LogP contribution in [0.1, 0.15) is 41.6 Å². The molecule has 1 N–H and O–H groups in total. The third kappa shape index (κ3) is 3.49. The van der Waals surface area contributed by atoms with Crippen LogP contribution in [0.5, 0.6) is 0 Å². The smallest absolute Gasteiger partial charge is 0.338 e. The Balaban J connectivity index is 1.77. The van der Waals surface area contributed by atoms with E-state index in [1.165, 1.54) is 24.5 Å². The lowest BCUT2D eigenvalue weighted by atomic mass is 9.98. The van der Waals surface area contributed by atoms with Gasteiger partial charge in [-0.25, -0.2) is 9.18 Å². The summed E-state index contributed by atoms with van der Waals surface area (Å²) in [7, 11) is 0. The van der Waals surface area contributed by atoms with E-state index >= 15 is 0 Å². The maximum Gasteiger partial charge on any atom is 0.338 e. The molecule has 0 amide bonds. The number of furan rings is 1. The molecular formula is C18H20FNO4. The lowest BCUT2D eigenvalue weighted by Crippen LogP contribution is -2.53. The zero-order valence-corrected chi connectivity index (χ0v) is 13.7. The van der Waals surface area contributed by atoms with Gasteiger partial charge in [-0.05, 0) is 37.6 Å². The van der Waals surface area contributed by atoms with Gasteiger partial charge in [0, 0.05) is 12.1 Å². The molecule has 1 aromatic carbocycles. The molecule has 24 heavy (non-hydrogen) atoms. The van der Waals surface area contributed by atoms with Crippen molar-refractivity contribution in [3.8, 4) is 0 Å². The first kappa shape index (κ1) is 16.7. The number of rotatable bonds is 4. The van der Waals surface area contributed by atoms with Crippen molar-refractivity contribution in [2.75, 3.05) is 13.2 Å². The van der Waals surface area contributed by atoms with Gasteiger partial charge in [-0.15, -0.1) is 0 Å². The van der Waals surface area contributed by atoms with Gasteiger partial charge in [0.2, 0.25) is 0 Å². The molecule has 1 aliphatic rings. The number of morpholine rings is 1. The highest BCUT2D eigenvalue weighted by Crippen LogP contribution is 2.32. The number of nitrogens with zero attached hydrogens (tertiary/aromatic N) is 1. The number of carboxylic acid groups (broad SMARTS) is 1. The van der Waals surface area contributed by atoms with E-state index in [2.05, 4.69) is 18.7 Å². The second-order valence-electron chi connectivity index (χ2n) is 6.65. The molecule has 1 aliphatic heterocycles. The number of carboxylic acids is 1. The van der Waals surface area contributed by atoms with Crippen LogP contribution in [0.25, 0.3) is 0 Å². The average molecular weight is 333 g/mol. The predicted octanol–water partition coefficient (Wildman–Crippen LogP) is 3.47. The van der Waals surface area contributed by atoms with Crippen molar-refractivity contribution in [3.05, 3.63) is 59.3 Å². The van der Waals surface area contributed by atoms with Gasteiger partial charge in [-0.2, -0.15) is 0 Å². The molecule has 1 unspecified atom stereocenters. The van der Waals surface area contributed by atoms with E-state index in [0.717, 1.165) is 5.56 Å². The summed E-state index contributed by atoms with van der Waals surface area (Å²) < 4.78 is 24.7. The quantitative estimate of drug-likeness (QED) is 0.928. The van der Waals surface area contributed by atoms with E-state index in [-0.39, 0.29) is 23.0 Å². The van der Waals surface area contributed by atoms with E-state index in [4.69, 9.17) is 14.3 Å². The van der Waals surface area contributed by atoms with Crippen LogP contribution in [-0.2, 0) is 11.3 Å². The minimum Gasteiger partial charge on any atom is -0.478 e. The van der Waals surface area contributed by atoms with E-state index in [9.17, 15) is 9.18 Å². The Bertz CT molecular complexity index is 740. The van der Waals surface area contributed by atoms with Gasteiger partial charge in [0.1, 0.15) is 17.8 Å². The molecule has 0 radical (unpaired) electrons. The Morgan fingerprint density at radius 1 is 1.42 bits per heavy atom. The van der Waals surface area contributed by atoms with Crippen molar-refractivity contribution in [1.29, 1.82) is 0 Å².